The molecular weight excluding hydrogens is 220 g/mol. The van der Waals surface area contributed by atoms with Crippen LogP contribution in [-0.4, -0.2) is 24.2 Å². The average molecular weight is 240 g/mol. The van der Waals surface area contributed by atoms with Crippen LogP contribution >= 0.6 is 11.3 Å². The number of thiazole rings is 1. The Morgan fingerprint density at radius 1 is 1.44 bits per heavy atom. The summed E-state index contributed by atoms with van der Waals surface area (Å²) in [5.74, 6) is 0. The number of nitrogens with zero attached hydrogens (tertiary/aromatic N) is 1. The zero-order valence-corrected chi connectivity index (χ0v) is 10.8. The maximum absolute atomic E-state index is 5.90. The van der Waals surface area contributed by atoms with Crippen LogP contribution in [0.3, 0.4) is 0 Å². The minimum Gasteiger partial charge on any atom is -0.371 e. The normalized spacial score (nSPS) is 25.9. The van der Waals surface area contributed by atoms with Crippen LogP contribution in [0.25, 0.3) is 0 Å². The van der Waals surface area contributed by atoms with E-state index in [2.05, 4.69) is 15.7 Å². The van der Waals surface area contributed by atoms with E-state index in [1.807, 2.05) is 14.0 Å². The van der Waals surface area contributed by atoms with E-state index < -0.39 is 0 Å². The predicted molar refractivity (Wildman–Crippen MR) is 66.7 cm³/mol. The molecule has 0 aliphatic heterocycles. The SMILES string of the molecule is CNC1CCC(OCc2nc(C)cs2)CC1. The monoisotopic (exact) mass is 240 g/mol. The van der Waals surface area contributed by atoms with Crippen molar-refractivity contribution in [1.82, 2.24) is 10.3 Å². The van der Waals surface area contributed by atoms with Crippen LogP contribution < -0.4 is 5.32 Å². The summed E-state index contributed by atoms with van der Waals surface area (Å²) in [7, 11) is 2.05. The third kappa shape index (κ3) is 3.27. The molecule has 1 saturated carbocycles. The van der Waals surface area contributed by atoms with E-state index in [9.17, 15) is 0 Å². The second-order valence-electron chi connectivity index (χ2n) is 4.46. The largest absolute Gasteiger partial charge is 0.371 e. The third-order valence-electron chi connectivity index (χ3n) is 3.19. The van der Waals surface area contributed by atoms with Gasteiger partial charge in [-0.25, -0.2) is 4.98 Å². The summed E-state index contributed by atoms with van der Waals surface area (Å²) in [6, 6.07) is 0.696. The first kappa shape index (κ1) is 12.0. The Hall–Kier alpha value is -0.450. The number of hydrogen-bond acceptors (Lipinski definition) is 4. The van der Waals surface area contributed by atoms with Crippen LogP contribution in [0.15, 0.2) is 5.38 Å². The zero-order valence-electron chi connectivity index (χ0n) is 10.0. The molecule has 1 aromatic rings. The number of nitrogens with one attached hydrogen (secondary N) is 1. The van der Waals surface area contributed by atoms with Crippen molar-refractivity contribution in [1.29, 1.82) is 0 Å². The molecule has 1 N–H and O–H groups in total. The maximum Gasteiger partial charge on any atom is 0.119 e. The first-order valence-corrected chi connectivity index (χ1v) is 6.85. The highest BCUT2D eigenvalue weighted by atomic mass is 32.1. The predicted octanol–water partition coefficient (Wildman–Crippen LogP) is 2.50. The smallest absolute Gasteiger partial charge is 0.119 e. The van der Waals surface area contributed by atoms with Gasteiger partial charge < -0.3 is 10.1 Å². The van der Waals surface area contributed by atoms with Gasteiger partial charge in [0.15, 0.2) is 0 Å². The molecule has 0 atom stereocenters. The van der Waals surface area contributed by atoms with Crippen LogP contribution in [0.1, 0.15) is 36.4 Å². The third-order valence-corrected chi connectivity index (χ3v) is 4.13. The average Bonchev–Trinajstić information content (AvgIpc) is 2.73. The van der Waals surface area contributed by atoms with Crippen molar-refractivity contribution in [2.24, 2.45) is 0 Å². The summed E-state index contributed by atoms with van der Waals surface area (Å²) in [6.07, 6.45) is 5.26. The molecule has 0 bridgehead atoms. The molecule has 0 spiro atoms. The number of aromatic nitrogens is 1. The Kier molecular flexibility index (Phi) is 4.32. The van der Waals surface area contributed by atoms with Gasteiger partial charge in [-0.3, -0.25) is 0 Å². The number of aryl methyl sites for hydroxylation is 1. The summed E-state index contributed by atoms with van der Waals surface area (Å²) in [5.41, 5.74) is 1.10. The van der Waals surface area contributed by atoms with Crippen molar-refractivity contribution in [3.63, 3.8) is 0 Å². The molecule has 90 valence electrons. The van der Waals surface area contributed by atoms with Gasteiger partial charge in [-0.15, -0.1) is 11.3 Å². The molecule has 1 heterocycles. The van der Waals surface area contributed by atoms with E-state index in [1.165, 1.54) is 25.7 Å². The number of rotatable bonds is 4. The molecule has 0 unspecified atom stereocenters. The fraction of sp³-hybridized carbons (Fsp3) is 0.750. The maximum atomic E-state index is 5.90. The van der Waals surface area contributed by atoms with Crippen molar-refractivity contribution in [2.75, 3.05) is 7.05 Å². The fourth-order valence-corrected chi connectivity index (χ4v) is 2.87. The molecule has 3 nitrogen and oxygen atoms in total. The number of hydrogen-bond donors (Lipinski definition) is 1. The Labute approximate surface area is 101 Å². The van der Waals surface area contributed by atoms with E-state index in [4.69, 9.17) is 4.74 Å². The minimum atomic E-state index is 0.439. The van der Waals surface area contributed by atoms with Gasteiger partial charge in [-0.2, -0.15) is 0 Å². The van der Waals surface area contributed by atoms with Crippen molar-refractivity contribution < 1.29 is 4.74 Å². The molecule has 0 amide bonds. The van der Waals surface area contributed by atoms with Crippen LogP contribution in [0.5, 0.6) is 0 Å². The Morgan fingerprint density at radius 3 is 2.75 bits per heavy atom. The molecule has 1 fully saturated rings. The Balaban J connectivity index is 1.71. The van der Waals surface area contributed by atoms with Gasteiger partial charge >= 0.3 is 0 Å². The van der Waals surface area contributed by atoms with E-state index in [0.717, 1.165) is 10.7 Å². The van der Waals surface area contributed by atoms with Crippen LogP contribution in [-0.2, 0) is 11.3 Å². The highest BCUT2D eigenvalue weighted by Crippen LogP contribution is 2.22. The molecule has 1 aliphatic rings. The van der Waals surface area contributed by atoms with Gasteiger partial charge in [0.25, 0.3) is 0 Å². The van der Waals surface area contributed by atoms with E-state index in [1.54, 1.807) is 11.3 Å². The molecule has 4 heteroatoms. The van der Waals surface area contributed by atoms with Gasteiger partial charge in [0.05, 0.1) is 12.7 Å². The van der Waals surface area contributed by atoms with Crippen LogP contribution in [0.2, 0.25) is 0 Å². The summed E-state index contributed by atoms with van der Waals surface area (Å²) in [4.78, 5) is 4.41. The molecule has 1 aliphatic carbocycles. The zero-order chi connectivity index (χ0) is 11.4. The van der Waals surface area contributed by atoms with E-state index in [0.29, 0.717) is 18.8 Å². The van der Waals surface area contributed by atoms with E-state index >= 15 is 0 Å². The molecule has 2 rings (SSSR count). The van der Waals surface area contributed by atoms with Crippen molar-refractivity contribution >= 4 is 11.3 Å². The Bertz CT molecular complexity index is 319. The highest BCUT2D eigenvalue weighted by Gasteiger charge is 2.20. The summed E-state index contributed by atoms with van der Waals surface area (Å²) in [6.45, 7) is 2.71. The molecule has 0 aromatic carbocycles. The lowest BCUT2D eigenvalue weighted by molar-refractivity contribution is 0.0117. The van der Waals surface area contributed by atoms with Gasteiger partial charge in [-0.05, 0) is 39.7 Å². The quantitative estimate of drug-likeness (QED) is 0.878. The lowest BCUT2D eigenvalue weighted by atomic mass is 9.93. The first-order valence-electron chi connectivity index (χ1n) is 5.98. The van der Waals surface area contributed by atoms with Gasteiger partial charge in [0, 0.05) is 17.1 Å². The molecule has 0 radical (unpaired) electrons. The van der Waals surface area contributed by atoms with Crippen LogP contribution in [0, 0.1) is 6.92 Å². The molecule has 1 aromatic heterocycles. The summed E-state index contributed by atoms with van der Waals surface area (Å²) >= 11 is 1.69. The van der Waals surface area contributed by atoms with Gasteiger partial charge in [0.2, 0.25) is 0 Å². The Morgan fingerprint density at radius 2 is 2.19 bits per heavy atom. The van der Waals surface area contributed by atoms with Crippen molar-refractivity contribution in [3.05, 3.63) is 16.1 Å². The number of ether oxygens (including phenoxy) is 1. The molecule has 0 saturated heterocycles. The highest BCUT2D eigenvalue weighted by molar-refractivity contribution is 7.09. The standard InChI is InChI=1S/C12H20N2OS/c1-9-8-16-12(14-9)7-15-11-5-3-10(13-2)4-6-11/h8,10-11,13H,3-7H2,1-2H3. The van der Waals surface area contributed by atoms with Gasteiger partial charge in [-0.1, -0.05) is 0 Å². The second-order valence-corrected chi connectivity index (χ2v) is 5.40. The second kappa shape index (κ2) is 5.75. The van der Waals surface area contributed by atoms with Crippen molar-refractivity contribution in [3.8, 4) is 0 Å². The fourth-order valence-electron chi connectivity index (χ4n) is 2.18. The van der Waals surface area contributed by atoms with Crippen molar-refractivity contribution in [2.45, 2.75) is 51.4 Å². The minimum absolute atomic E-state index is 0.439. The molecule has 16 heavy (non-hydrogen) atoms. The van der Waals surface area contributed by atoms with Crippen LogP contribution in [0.4, 0.5) is 0 Å². The van der Waals surface area contributed by atoms with Gasteiger partial charge in [0.1, 0.15) is 5.01 Å². The first-order chi connectivity index (χ1) is 7.78. The topological polar surface area (TPSA) is 34.1 Å². The van der Waals surface area contributed by atoms with E-state index in [-0.39, 0.29) is 0 Å². The summed E-state index contributed by atoms with van der Waals surface area (Å²) < 4.78 is 5.90. The summed E-state index contributed by atoms with van der Waals surface area (Å²) in [5, 5.41) is 6.52. The lowest BCUT2D eigenvalue weighted by Gasteiger charge is -2.27. The lowest BCUT2D eigenvalue weighted by Crippen LogP contribution is -2.32. The molecular formula is C12H20N2OS.